The highest BCUT2D eigenvalue weighted by Gasteiger charge is 2.49. The number of hydrogen-bond acceptors (Lipinski definition) is 5. The minimum atomic E-state index is -0.986. The predicted octanol–water partition coefficient (Wildman–Crippen LogP) is 3.44. The molecule has 1 aromatic heterocycles. The summed E-state index contributed by atoms with van der Waals surface area (Å²) in [6.07, 6.45) is 2.30. The van der Waals surface area contributed by atoms with Crippen molar-refractivity contribution in [3.63, 3.8) is 0 Å². The Bertz CT molecular complexity index is 1340. The van der Waals surface area contributed by atoms with Crippen LogP contribution < -0.4 is 10.2 Å². The second kappa shape index (κ2) is 8.48. The number of esters is 1. The zero-order valence-corrected chi connectivity index (χ0v) is 18.3. The average molecular weight is 465 g/mol. The van der Waals surface area contributed by atoms with Crippen LogP contribution in [-0.4, -0.2) is 39.1 Å². The molecule has 2 aliphatic heterocycles. The van der Waals surface area contributed by atoms with E-state index in [2.05, 4.69) is 5.10 Å². The van der Waals surface area contributed by atoms with Crippen LogP contribution in [0.2, 0.25) is 0 Å². The molecule has 0 saturated carbocycles. The number of aromatic nitrogens is 2. The molecule has 3 atom stereocenters. The van der Waals surface area contributed by atoms with Crippen molar-refractivity contribution in [2.45, 2.75) is 37.8 Å². The minimum absolute atomic E-state index is 0.109. The number of fused-ring (bicyclic) bond motifs is 2. The molecule has 0 unspecified atom stereocenters. The molecule has 1 amide bonds. The number of hydrogen-bond donors (Lipinski definition) is 0. The molecule has 0 radical (unpaired) electrons. The van der Waals surface area contributed by atoms with Gasteiger partial charge in [0.25, 0.3) is 5.91 Å². The van der Waals surface area contributed by atoms with Crippen LogP contribution in [0, 0.1) is 11.6 Å². The fraction of sp³-hybridized carbons (Fsp3) is 0.280. The first-order chi connectivity index (χ1) is 16.4. The number of benzene rings is 2. The lowest BCUT2D eigenvalue weighted by Gasteiger charge is -2.42. The van der Waals surface area contributed by atoms with E-state index in [9.17, 15) is 18.8 Å². The molecule has 1 fully saturated rings. The molecular weight excluding hydrogens is 444 g/mol. The van der Waals surface area contributed by atoms with Gasteiger partial charge in [-0.05, 0) is 24.5 Å². The van der Waals surface area contributed by atoms with Crippen molar-refractivity contribution in [3.05, 3.63) is 93.4 Å². The molecule has 3 aromatic rings. The Morgan fingerprint density at radius 2 is 1.88 bits per heavy atom. The van der Waals surface area contributed by atoms with Gasteiger partial charge >= 0.3 is 5.97 Å². The molecule has 5 rings (SSSR count). The Morgan fingerprint density at radius 1 is 1.12 bits per heavy atom. The van der Waals surface area contributed by atoms with Crippen LogP contribution in [0.1, 0.15) is 53.3 Å². The molecule has 2 aliphatic rings. The van der Waals surface area contributed by atoms with Crippen LogP contribution in [0.4, 0.5) is 8.78 Å². The van der Waals surface area contributed by atoms with Crippen molar-refractivity contribution in [2.24, 2.45) is 0 Å². The molecule has 9 heteroatoms. The molecule has 0 bridgehead atoms. The third kappa shape index (κ3) is 3.48. The van der Waals surface area contributed by atoms with Crippen molar-refractivity contribution >= 4 is 11.9 Å². The Kier molecular flexibility index (Phi) is 5.47. The van der Waals surface area contributed by atoms with Gasteiger partial charge in [0.1, 0.15) is 0 Å². The van der Waals surface area contributed by atoms with E-state index in [0.717, 1.165) is 19.2 Å². The first-order valence-corrected chi connectivity index (χ1v) is 11.0. The largest absolute Gasteiger partial charge is 0.420 e. The summed E-state index contributed by atoms with van der Waals surface area (Å²) in [6.45, 7) is 1.56. The SMILES string of the molecule is CC(=O)Oc1c2n(ncc1=O)[C@@H]([C@H](c1ccccc1)c1cccc(F)c1F)[C@H]1CCCN1C2=O. The van der Waals surface area contributed by atoms with Gasteiger partial charge in [-0.25, -0.2) is 13.5 Å². The Balaban J connectivity index is 1.81. The second-order valence-electron chi connectivity index (χ2n) is 8.45. The number of rotatable bonds is 4. The first kappa shape index (κ1) is 21.9. The predicted molar refractivity (Wildman–Crippen MR) is 118 cm³/mol. The summed E-state index contributed by atoms with van der Waals surface area (Å²) in [5, 5.41) is 4.25. The molecule has 0 spiro atoms. The van der Waals surface area contributed by atoms with E-state index in [1.807, 2.05) is 6.07 Å². The van der Waals surface area contributed by atoms with Crippen LogP contribution in [0.3, 0.4) is 0 Å². The van der Waals surface area contributed by atoms with E-state index >= 15 is 4.39 Å². The lowest BCUT2D eigenvalue weighted by atomic mass is 9.79. The number of ether oxygens (including phenoxy) is 1. The van der Waals surface area contributed by atoms with Crippen molar-refractivity contribution in [2.75, 3.05) is 6.54 Å². The fourth-order valence-electron chi connectivity index (χ4n) is 5.16. The third-order valence-electron chi connectivity index (χ3n) is 6.47. The van der Waals surface area contributed by atoms with Gasteiger partial charge in [-0.15, -0.1) is 0 Å². The summed E-state index contributed by atoms with van der Waals surface area (Å²) in [6, 6.07) is 12.0. The van der Waals surface area contributed by atoms with Crippen LogP contribution in [0.25, 0.3) is 0 Å². The summed E-state index contributed by atoms with van der Waals surface area (Å²) in [5.41, 5.74) is -0.0699. The Labute approximate surface area is 193 Å². The molecular formula is C25H21F2N3O4. The molecule has 0 aliphatic carbocycles. The molecule has 7 nitrogen and oxygen atoms in total. The van der Waals surface area contributed by atoms with Gasteiger partial charge in [0.05, 0.1) is 18.3 Å². The van der Waals surface area contributed by atoms with Gasteiger partial charge in [0, 0.05) is 24.9 Å². The van der Waals surface area contributed by atoms with E-state index < -0.39 is 46.6 Å². The number of halogens is 2. The molecule has 174 valence electrons. The second-order valence-corrected chi connectivity index (χ2v) is 8.45. The van der Waals surface area contributed by atoms with Gasteiger partial charge in [0.2, 0.25) is 11.2 Å². The van der Waals surface area contributed by atoms with Gasteiger partial charge in [-0.2, -0.15) is 5.10 Å². The van der Waals surface area contributed by atoms with Gasteiger partial charge in [0.15, 0.2) is 17.3 Å². The van der Waals surface area contributed by atoms with Gasteiger partial charge < -0.3 is 9.64 Å². The van der Waals surface area contributed by atoms with Gasteiger partial charge in [-0.1, -0.05) is 42.5 Å². The summed E-state index contributed by atoms with van der Waals surface area (Å²) in [4.78, 5) is 39.3. The van der Waals surface area contributed by atoms with E-state index in [-0.39, 0.29) is 17.3 Å². The monoisotopic (exact) mass is 465 g/mol. The number of carbonyl (C=O) groups excluding carboxylic acids is 2. The van der Waals surface area contributed by atoms with E-state index in [1.165, 1.54) is 16.8 Å². The highest BCUT2D eigenvalue weighted by Crippen LogP contribution is 2.46. The summed E-state index contributed by atoms with van der Waals surface area (Å²) < 4.78 is 36.1. The summed E-state index contributed by atoms with van der Waals surface area (Å²) in [7, 11) is 0. The average Bonchev–Trinajstić information content (AvgIpc) is 3.31. The Morgan fingerprint density at radius 3 is 2.62 bits per heavy atom. The third-order valence-corrected chi connectivity index (χ3v) is 6.47. The van der Waals surface area contributed by atoms with Crippen LogP contribution in [-0.2, 0) is 4.79 Å². The van der Waals surface area contributed by atoms with E-state index in [4.69, 9.17) is 4.74 Å². The van der Waals surface area contributed by atoms with Crippen molar-refractivity contribution in [1.29, 1.82) is 0 Å². The highest BCUT2D eigenvalue weighted by molar-refractivity contribution is 5.97. The van der Waals surface area contributed by atoms with Gasteiger partial charge in [-0.3, -0.25) is 14.4 Å². The molecule has 1 saturated heterocycles. The fourth-order valence-corrected chi connectivity index (χ4v) is 5.16. The van der Waals surface area contributed by atoms with Crippen molar-refractivity contribution < 1.29 is 23.1 Å². The highest BCUT2D eigenvalue weighted by atomic mass is 19.2. The number of carbonyl (C=O) groups is 2. The number of amides is 1. The first-order valence-electron chi connectivity index (χ1n) is 11.0. The van der Waals surface area contributed by atoms with Crippen LogP contribution in [0.5, 0.6) is 5.75 Å². The quantitative estimate of drug-likeness (QED) is 0.552. The molecule has 34 heavy (non-hydrogen) atoms. The minimum Gasteiger partial charge on any atom is -0.420 e. The standard InChI is InChI=1S/C25H21F2N3O4/c1-14(31)34-24-19(32)13-28-30-22(18-11-6-12-29(18)25(33)23(24)30)20(15-7-3-2-4-8-15)16-9-5-10-17(26)21(16)27/h2-5,7-10,13,18,20,22H,6,11-12H2,1H3/t18-,20-,22-/m1/s1. The zero-order valence-electron chi connectivity index (χ0n) is 18.3. The van der Waals surface area contributed by atoms with E-state index in [1.54, 1.807) is 29.2 Å². The lowest BCUT2D eigenvalue weighted by molar-refractivity contribution is -0.132. The van der Waals surface area contributed by atoms with Crippen LogP contribution in [0.15, 0.2) is 59.5 Å². The van der Waals surface area contributed by atoms with Crippen molar-refractivity contribution in [1.82, 2.24) is 14.7 Å². The normalized spacial score (nSPS) is 20.0. The molecule has 0 N–H and O–H groups in total. The maximum absolute atomic E-state index is 15.2. The molecule has 2 aromatic carbocycles. The Hall–Kier alpha value is -3.88. The zero-order chi connectivity index (χ0) is 24.0. The van der Waals surface area contributed by atoms with Crippen LogP contribution >= 0.6 is 0 Å². The topological polar surface area (TPSA) is 81.5 Å². The van der Waals surface area contributed by atoms with E-state index in [0.29, 0.717) is 24.9 Å². The lowest BCUT2D eigenvalue weighted by Crippen LogP contribution is -2.51. The maximum Gasteiger partial charge on any atom is 0.308 e. The summed E-state index contributed by atoms with van der Waals surface area (Å²) >= 11 is 0. The molecule has 3 heterocycles. The number of nitrogens with zero attached hydrogens (tertiary/aromatic N) is 3. The maximum atomic E-state index is 15.2. The van der Waals surface area contributed by atoms with Crippen molar-refractivity contribution in [3.8, 4) is 5.75 Å². The summed E-state index contributed by atoms with van der Waals surface area (Å²) in [5.74, 6) is -4.35. The smallest absolute Gasteiger partial charge is 0.308 e.